The first kappa shape index (κ1) is 12.6. The Morgan fingerprint density at radius 1 is 1.29 bits per heavy atom. The van der Waals surface area contributed by atoms with Crippen LogP contribution in [-0.2, 0) is 6.42 Å². The van der Waals surface area contributed by atoms with Crippen LogP contribution in [0.4, 0.5) is 0 Å². The molecule has 0 saturated carbocycles. The van der Waals surface area contributed by atoms with Gasteiger partial charge in [0.2, 0.25) is 0 Å². The molecule has 2 rings (SSSR count). The van der Waals surface area contributed by atoms with Gasteiger partial charge in [0.15, 0.2) is 0 Å². The molecule has 2 heteroatoms. The number of rotatable bonds is 5. The molecule has 0 bridgehead atoms. The van der Waals surface area contributed by atoms with Crippen molar-refractivity contribution in [2.45, 2.75) is 25.8 Å². The summed E-state index contributed by atoms with van der Waals surface area (Å²) in [6.07, 6.45) is 2.48. The molecule has 0 amide bonds. The number of hydrogen-bond acceptors (Lipinski definition) is 2. The van der Waals surface area contributed by atoms with Gasteiger partial charge in [-0.3, -0.25) is 0 Å². The van der Waals surface area contributed by atoms with Gasteiger partial charge in [-0.2, -0.15) is 0 Å². The zero-order valence-corrected chi connectivity index (χ0v) is 11.0. The third-order valence-electron chi connectivity index (χ3n) is 3.83. The number of benzene rings is 1. The van der Waals surface area contributed by atoms with E-state index < -0.39 is 0 Å². The fourth-order valence-corrected chi connectivity index (χ4v) is 2.53. The van der Waals surface area contributed by atoms with Crippen LogP contribution in [0.25, 0.3) is 0 Å². The minimum absolute atomic E-state index is 0.691. The van der Waals surface area contributed by atoms with Crippen LogP contribution in [0.1, 0.15) is 18.9 Å². The van der Waals surface area contributed by atoms with Crippen molar-refractivity contribution < 1.29 is 0 Å². The lowest BCUT2D eigenvalue weighted by Gasteiger charge is -2.23. The van der Waals surface area contributed by atoms with E-state index >= 15 is 0 Å². The summed E-state index contributed by atoms with van der Waals surface area (Å²) in [6, 6.07) is 11.4. The number of likely N-dealkylation sites (N-methyl/N-ethyl adjacent to an activating group) is 1. The summed E-state index contributed by atoms with van der Waals surface area (Å²) in [5.74, 6) is 0.828. The van der Waals surface area contributed by atoms with E-state index in [4.69, 9.17) is 0 Å². The van der Waals surface area contributed by atoms with Gasteiger partial charge >= 0.3 is 0 Å². The van der Waals surface area contributed by atoms with Crippen LogP contribution in [-0.4, -0.2) is 37.6 Å². The molecule has 0 radical (unpaired) electrons. The lowest BCUT2D eigenvalue weighted by atomic mass is 10.0. The molecule has 0 aromatic heterocycles. The van der Waals surface area contributed by atoms with Crippen LogP contribution in [0.15, 0.2) is 30.3 Å². The predicted octanol–water partition coefficient (Wildman–Crippen LogP) is 2.16. The maximum Gasteiger partial charge on any atom is 0.0220 e. The van der Waals surface area contributed by atoms with Crippen molar-refractivity contribution in [2.75, 3.05) is 26.7 Å². The first-order valence-corrected chi connectivity index (χ1v) is 6.71. The van der Waals surface area contributed by atoms with Gasteiger partial charge in [-0.25, -0.2) is 0 Å². The average molecular weight is 232 g/mol. The summed E-state index contributed by atoms with van der Waals surface area (Å²) in [5, 5.41) is 3.59. The summed E-state index contributed by atoms with van der Waals surface area (Å²) in [6.45, 7) is 5.87. The molecule has 0 aliphatic carbocycles. The van der Waals surface area contributed by atoms with Gasteiger partial charge < -0.3 is 10.2 Å². The highest BCUT2D eigenvalue weighted by molar-refractivity contribution is 5.14. The van der Waals surface area contributed by atoms with Gasteiger partial charge in [-0.05, 0) is 37.9 Å². The highest BCUT2D eigenvalue weighted by Crippen LogP contribution is 2.15. The van der Waals surface area contributed by atoms with Crippen LogP contribution in [0.3, 0.4) is 0 Å². The SMILES string of the molecule is CC1CCNC1CN(C)CCc1ccccc1. The highest BCUT2D eigenvalue weighted by atomic mass is 15.1. The number of nitrogens with zero attached hydrogens (tertiary/aromatic N) is 1. The molecule has 2 nitrogen and oxygen atoms in total. The molecular formula is C15H24N2. The molecule has 1 heterocycles. The third-order valence-corrected chi connectivity index (χ3v) is 3.83. The van der Waals surface area contributed by atoms with E-state index in [1.807, 2.05) is 0 Å². The summed E-state index contributed by atoms with van der Waals surface area (Å²) in [7, 11) is 2.23. The Balaban J connectivity index is 1.72. The van der Waals surface area contributed by atoms with E-state index in [0.717, 1.165) is 18.9 Å². The molecular weight excluding hydrogens is 208 g/mol. The molecule has 1 aliphatic heterocycles. The number of nitrogens with one attached hydrogen (secondary N) is 1. The van der Waals surface area contributed by atoms with Crippen LogP contribution in [0, 0.1) is 5.92 Å². The van der Waals surface area contributed by atoms with Crippen LogP contribution in [0.2, 0.25) is 0 Å². The van der Waals surface area contributed by atoms with Gasteiger partial charge in [-0.15, -0.1) is 0 Å². The van der Waals surface area contributed by atoms with Crippen LogP contribution in [0.5, 0.6) is 0 Å². The van der Waals surface area contributed by atoms with Crippen molar-refractivity contribution in [3.63, 3.8) is 0 Å². The molecule has 0 spiro atoms. The minimum Gasteiger partial charge on any atom is -0.312 e. The summed E-state index contributed by atoms with van der Waals surface area (Å²) in [4.78, 5) is 2.45. The Morgan fingerprint density at radius 2 is 2.06 bits per heavy atom. The quantitative estimate of drug-likeness (QED) is 0.837. The molecule has 2 unspecified atom stereocenters. The van der Waals surface area contributed by atoms with Gasteiger partial charge in [0, 0.05) is 19.1 Å². The van der Waals surface area contributed by atoms with Gasteiger partial charge in [-0.1, -0.05) is 37.3 Å². The van der Waals surface area contributed by atoms with Crippen molar-refractivity contribution >= 4 is 0 Å². The molecule has 1 aromatic carbocycles. The Morgan fingerprint density at radius 3 is 2.71 bits per heavy atom. The Hall–Kier alpha value is -0.860. The van der Waals surface area contributed by atoms with Crippen molar-refractivity contribution in [3.05, 3.63) is 35.9 Å². The van der Waals surface area contributed by atoms with Crippen molar-refractivity contribution in [2.24, 2.45) is 5.92 Å². The van der Waals surface area contributed by atoms with Crippen LogP contribution < -0.4 is 5.32 Å². The summed E-state index contributed by atoms with van der Waals surface area (Å²) < 4.78 is 0. The second kappa shape index (κ2) is 6.18. The molecule has 1 aliphatic rings. The highest BCUT2D eigenvalue weighted by Gasteiger charge is 2.23. The van der Waals surface area contributed by atoms with E-state index in [1.165, 1.54) is 25.1 Å². The smallest absolute Gasteiger partial charge is 0.0220 e. The molecule has 94 valence electrons. The lowest BCUT2D eigenvalue weighted by Crippen LogP contribution is -2.39. The fraction of sp³-hybridized carbons (Fsp3) is 0.600. The predicted molar refractivity (Wildman–Crippen MR) is 73.2 cm³/mol. The van der Waals surface area contributed by atoms with E-state index in [2.05, 4.69) is 54.5 Å². The second-order valence-corrected chi connectivity index (χ2v) is 5.32. The molecule has 1 aromatic rings. The second-order valence-electron chi connectivity index (χ2n) is 5.32. The molecule has 1 N–H and O–H groups in total. The molecule has 1 fully saturated rings. The molecule has 17 heavy (non-hydrogen) atoms. The van der Waals surface area contributed by atoms with Gasteiger partial charge in [0.05, 0.1) is 0 Å². The maximum absolute atomic E-state index is 3.59. The van der Waals surface area contributed by atoms with Crippen molar-refractivity contribution in [3.8, 4) is 0 Å². The van der Waals surface area contributed by atoms with E-state index in [-0.39, 0.29) is 0 Å². The zero-order valence-electron chi connectivity index (χ0n) is 11.0. The zero-order chi connectivity index (χ0) is 12.1. The van der Waals surface area contributed by atoms with Crippen molar-refractivity contribution in [1.29, 1.82) is 0 Å². The fourth-order valence-electron chi connectivity index (χ4n) is 2.53. The van der Waals surface area contributed by atoms with E-state index in [1.54, 1.807) is 0 Å². The third kappa shape index (κ3) is 3.83. The maximum atomic E-state index is 3.59. The Bertz CT molecular complexity index is 323. The summed E-state index contributed by atoms with van der Waals surface area (Å²) in [5.41, 5.74) is 1.44. The topological polar surface area (TPSA) is 15.3 Å². The summed E-state index contributed by atoms with van der Waals surface area (Å²) >= 11 is 0. The Kier molecular flexibility index (Phi) is 4.57. The monoisotopic (exact) mass is 232 g/mol. The minimum atomic E-state index is 0.691. The average Bonchev–Trinajstić information content (AvgIpc) is 2.74. The van der Waals surface area contributed by atoms with Crippen molar-refractivity contribution in [1.82, 2.24) is 10.2 Å². The van der Waals surface area contributed by atoms with Gasteiger partial charge in [0.25, 0.3) is 0 Å². The Labute approximate surface area is 105 Å². The standard InChI is InChI=1S/C15H24N2/c1-13-8-10-16-15(13)12-17(2)11-9-14-6-4-3-5-7-14/h3-7,13,15-16H,8-12H2,1-2H3. The van der Waals surface area contributed by atoms with Crippen LogP contribution >= 0.6 is 0 Å². The first-order valence-electron chi connectivity index (χ1n) is 6.71. The molecule has 1 saturated heterocycles. The van der Waals surface area contributed by atoms with E-state index in [9.17, 15) is 0 Å². The normalized spacial score (nSPS) is 24.4. The first-order chi connectivity index (χ1) is 8.25. The number of hydrogen-bond donors (Lipinski definition) is 1. The largest absolute Gasteiger partial charge is 0.312 e. The van der Waals surface area contributed by atoms with E-state index in [0.29, 0.717) is 6.04 Å². The molecule has 2 atom stereocenters. The lowest BCUT2D eigenvalue weighted by molar-refractivity contribution is 0.280. The van der Waals surface area contributed by atoms with Gasteiger partial charge in [0.1, 0.15) is 0 Å².